The number of thiophene rings is 1. The smallest absolute Gasteiger partial charge is 0.268 e. The molecule has 0 bridgehead atoms. The molecule has 1 aromatic carbocycles. The van der Waals surface area contributed by atoms with E-state index < -0.39 is 21.8 Å². The first-order chi connectivity index (χ1) is 14.9. The van der Waals surface area contributed by atoms with Gasteiger partial charge in [0.1, 0.15) is 9.90 Å². The number of hydrogen-bond donors (Lipinski definition) is 0. The molecule has 0 aliphatic carbocycles. The van der Waals surface area contributed by atoms with E-state index in [1.165, 1.54) is 10.5 Å². The van der Waals surface area contributed by atoms with E-state index in [0.29, 0.717) is 18.0 Å². The van der Waals surface area contributed by atoms with Crippen LogP contribution in [0.4, 0.5) is 0 Å². The zero-order chi connectivity index (χ0) is 21.6. The highest BCUT2D eigenvalue weighted by Crippen LogP contribution is 2.34. The lowest BCUT2D eigenvalue weighted by molar-refractivity contribution is 0.0642. The molecule has 0 radical (unpaired) electrons. The summed E-state index contributed by atoms with van der Waals surface area (Å²) < 4.78 is 28.0. The molecule has 0 N–H and O–H groups in total. The Bertz CT molecular complexity index is 1240. The predicted octanol–water partition coefficient (Wildman–Crippen LogP) is 3.12. The SMILES string of the molecule is O=C1c2cccnc2C(=O)N1Cc1ccc(S(=O)(=O)N2CC[C@H](c3ccccc3)C2)s1. The Kier molecular flexibility index (Phi) is 4.96. The number of hydrogen-bond acceptors (Lipinski definition) is 6. The Morgan fingerprint density at radius 3 is 2.58 bits per heavy atom. The number of aromatic nitrogens is 1. The minimum Gasteiger partial charge on any atom is -0.268 e. The zero-order valence-electron chi connectivity index (χ0n) is 16.5. The van der Waals surface area contributed by atoms with Gasteiger partial charge in [-0.2, -0.15) is 4.31 Å². The van der Waals surface area contributed by atoms with Crippen molar-refractivity contribution in [2.45, 2.75) is 23.1 Å². The highest BCUT2D eigenvalue weighted by atomic mass is 32.2. The molecule has 9 heteroatoms. The number of nitrogens with zero attached hydrogens (tertiary/aromatic N) is 3. The molecular formula is C22H19N3O4S2. The lowest BCUT2D eigenvalue weighted by atomic mass is 9.99. The number of sulfonamides is 1. The topological polar surface area (TPSA) is 87.6 Å². The van der Waals surface area contributed by atoms with Crippen LogP contribution < -0.4 is 0 Å². The van der Waals surface area contributed by atoms with Gasteiger partial charge >= 0.3 is 0 Å². The molecule has 2 aliphatic rings. The third kappa shape index (κ3) is 3.48. The third-order valence-electron chi connectivity index (χ3n) is 5.70. The summed E-state index contributed by atoms with van der Waals surface area (Å²) in [7, 11) is -3.62. The van der Waals surface area contributed by atoms with E-state index in [-0.39, 0.29) is 27.9 Å². The molecule has 158 valence electrons. The number of pyridine rings is 1. The summed E-state index contributed by atoms with van der Waals surface area (Å²) in [6.45, 7) is 0.948. The third-order valence-corrected chi connectivity index (χ3v) is 9.10. The van der Waals surface area contributed by atoms with Gasteiger partial charge in [0.25, 0.3) is 21.8 Å². The highest BCUT2D eigenvalue weighted by Gasteiger charge is 2.38. The molecule has 4 heterocycles. The molecule has 2 aromatic heterocycles. The number of carbonyl (C=O) groups is 2. The molecule has 0 unspecified atom stereocenters. The lowest BCUT2D eigenvalue weighted by Crippen LogP contribution is -2.29. The van der Waals surface area contributed by atoms with E-state index in [1.807, 2.05) is 30.3 Å². The van der Waals surface area contributed by atoms with Crippen molar-refractivity contribution in [2.75, 3.05) is 13.1 Å². The van der Waals surface area contributed by atoms with Crippen LogP contribution in [0.25, 0.3) is 0 Å². The Balaban J connectivity index is 1.32. The summed E-state index contributed by atoms with van der Waals surface area (Å²) in [6.07, 6.45) is 2.26. The van der Waals surface area contributed by atoms with Gasteiger partial charge in [0.05, 0.1) is 12.1 Å². The van der Waals surface area contributed by atoms with E-state index in [9.17, 15) is 18.0 Å². The van der Waals surface area contributed by atoms with Gasteiger partial charge in [0, 0.05) is 24.2 Å². The normalized spacial score (nSPS) is 19.2. The monoisotopic (exact) mass is 453 g/mol. The molecule has 2 aliphatic heterocycles. The van der Waals surface area contributed by atoms with Gasteiger partial charge in [-0.15, -0.1) is 11.3 Å². The minimum absolute atomic E-state index is 0.0286. The zero-order valence-corrected chi connectivity index (χ0v) is 18.1. The molecule has 1 atom stereocenters. The second-order valence-electron chi connectivity index (χ2n) is 7.58. The van der Waals surface area contributed by atoms with Crippen LogP contribution in [0.1, 0.15) is 43.6 Å². The summed E-state index contributed by atoms with van der Waals surface area (Å²) in [4.78, 5) is 30.8. The number of imide groups is 1. The van der Waals surface area contributed by atoms with Crippen molar-refractivity contribution in [3.8, 4) is 0 Å². The summed E-state index contributed by atoms with van der Waals surface area (Å²) in [5, 5.41) is 0. The molecule has 5 rings (SSSR count). The van der Waals surface area contributed by atoms with Crippen molar-refractivity contribution in [3.05, 3.63) is 82.5 Å². The predicted molar refractivity (Wildman–Crippen MR) is 115 cm³/mol. The van der Waals surface area contributed by atoms with E-state index in [0.717, 1.165) is 28.2 Å². The summed E-state index contributed by atoms with van der Waals surface area (Å²) >= 11 is 1.10. The summed E-state index contributed by atoms with van der Waals surface area (Å²) in [5.74, 6) is -0.680. The number of fused-ring (bicyclic) bond motifs is 1. The van der Waals surface area contributed by atoms with E-state index in [4.69, 9.17) is 0 Å². The Morgan fingerprint density at radius 2 is 1.81 bits per heavy atom. The first-order valence-electron chi connectivity index (χ1n) is 9.90. The maximum absolute atomic E-state index is 13.1. The molecule has 0 saturated carbocycles. The van der Waals surface area contributed by atoms with Crippen LogP contribution in [0, 0.1) is 0 Å². The standard InChI is InChI=1S/C22H19N3O4S2/c26-21-18-7-4-11-23-20(18)22(27)25(21)14-17-8-9-19(30-17)31(28,29)24-12-10-16(13-24)15-5-2-1-3-6-15/h1-9,11,16H,10,12-14H2/t16-/m0/s1. The van der Waals surface area contributed by atoms with Crippen LogP contribution >= 0.6 is 11.3 Å². The maximum atomic E-state index is 13.1. The van der Waals surface area contributed by atoms with Crippen molar-refractivity contribution < 1.29 is 18.0 Å². The van der Waals surface area contributed by atoms with Gasteiger partial charge in [-0.1, -0.05) is 30.3 Å². The van der Waals surface area contributed by atoms with Crippen LogP contribution in [-0.4, -0.2) is 47.5 Å². The molecular weight excluding hydrogens is 434 g/mol. The molecule has 7 nitrogen and oxygen atoms in total. The first kappa shape index (κ1) is 20.0. The fraction of sp³-hybridized carbons (Fsp3) is 0.227. The molecule has 31 heavy (non-hydrogen) atoms. The van der Waals surface area contributed by atoms with E-state index >= 15 is 0 Å². The molecule has 1 fully saturated rings. The average Bonchev–Trinajstić information content (AvgIpc) is 3.52. The van der Waals surface area contributed by atoms with Gasteiger partial charge in [-0.25, -0.2) is 8.42 Å². The molecule has 2 amide bonds. The second kappa shape index (κ2) is 7.67. The van der Waals surface area contributed by atoms with E-state index in [2.05, 4.69) is 4.98 Å². The Labute approximate surface area is 184 Å². The van der Waals surface area contributed by atoms with Gasteiger partial charge in [-0.3, -0.25) is 19.5 Å². The highest BCUT2D eigenvalue weighted by molar-refractivity contribution is 7.91. The van der Waals surface area contributed by atoms with Gasteiger partial charge in [-0.05, 0) is 42.2 Å². The Hall–Kier alpha value is -2.88. The number of benzene rings is 1. The number of rotatable bonds is 5. The average molecular weight is 454 g/mol. The quantitative estimate of drug-likeness (QED) is 0.554. The molecule has 1 saturated heterocycles. The van der Waals surface area contributed by atoms with Crippen LogP contribution in [0.2, 0.25) is 0 Å². The van der Waals surface area contributed by atoms with Gasteiger partial charge in [0.15, 0.2) is 0 Å². The summed E-state index contributed by atoms with van der Waals surface area (Å²) in [6, 6.07) is 16.3. The minimum atomic E-state index is -3.62. The van der Waals surface area contributed by atoms with Gasteiger partial charge in [0.2, 0.25) is 0 Å². The fourth-order valence-corrected chi connectivity index (χ4v) is 7.07. The largest absolute Gasteiger partial charge is 0.280 e. The van der Waals surface area contributed by atoms with Crippen molar-refractivity contribution in [2.24, 2.45) is 0 Å². The van der Waals surface area contributed by atoms with Crippen LogP contribution in [-0.2, 0) is 16.6 Å². The number of carbonyl (C=O) groups excluding carboxylic acids is 2. The molecule has 0 spiro atoms. The summed E-state index contributed by atoms with van der Waals surface area (Å²) in [5.41, 5.74) is 1.56. The van der Waals surface area contributed by atoms with Gasteiger partial charge < -0.3 is 0 Å². The van der Waals surface area contributed by atoms with E-state index in [1.54, 1.807) is 24.3 Å². The lowest BCUT2D eigenvalue weighted by Gasteiger charge is -2.16. The molecule has 3 aromatic rings. The van der Waals surface area contributed by atoms with Crippen LogP contribution in [0.15, 0.2) is 65.0 Å². The van der Waals surface area contributed by atoms with Crippen molar-refractivity contribution >= 4 is 33.2 Å². The van der Waals surface area contributed by atoms with Crippen molar-refractivity contribution in [3.63, 3.8) is 0 Å². The van der Waals surface area contributed by atoms with Crippen LogP contribution in [0.3, 0.4) is 0 Å². The fourth-order valence-electron chi connectivity index (χ4n) is 4.07. The Morgan fingerprint density at radius 1 is 1.00 bits per heavy atom. The van der Waals surface area contributed by atoms with Crippen molar-refractivity contribution in [1.29, 1.82) is 0 Å². The first-order valence-corrected chi connectivity index (χ1v) is 12.2. The van der Waals surface area contributed by atoms with Crippen LogP contribution in [0.5, 0.6) is 0 Å². The maximum Gasteiger partial charge on any atom is 0.280 e. The second-order valence-corrected chi connectivity index (χ2v) is 10.9. The van der Waals surface area contributed by atoms with Crippen molar-refractivity contribution in [1.82, 2.24) is 14.2 Å². The number of amides is 2.